The molecule has 1 aliphatic heterocycles. The molecule has 0 aliphatic carbocycles. The minimum atomic E-state index is -0.426. The summed E-state index contributed by atoms with van der Waals surface area (Å²) < 4.78 is 11.8. The van der Waals surface area contributed by atoms with Gasteiger partial charge >= 0.3 is 0 Å². The largest absolute Gasteiger partial charge is 0.493 e. The van der Waals surface area contributed by atoms with Crippen LogP contribution in [0.3, 0.4) is 0 Å². The predicted molar refractivity (Wildman–Crippen MR) is 109 cm³/mol. The van der Waals surface area contributed by atoms with E-state index in [2.05, 4.69) is 20.8 Å². The third-order valence-electron chi connectivity index (χ3n) is 4.59. The van der Waals surface area contributed by atoms with Gasteiger partial charge in [0.25, 0.3) is 5.91 Å². The molecule has 2 aromatic carbocycles. The molecule has 0 unspecified atom stereocenters. The third kappa shape index (κ3) is 4.82. The summed E-state index contributed by atoms with van der Waals surface area (Å²) in [6.45, 7) is 11.8. The summed E-state index contributed by atoms with van der Waals surface area (Å²) in [6.07, 6.45) is 0.262. The lowest BCUT2D eigenvalue weighted by molar-refractivity contribution is -0.122. The van der Waals surface area contributed by atoms with Crippen LogP contribution in [-0.2, 0) is 4.79 Å². The van der Waals surface area contributed by atoms with Gasteiger partial charge in [0.15, 0.2) is 6.10 Å². The Hall–Kier alpha value is -2.49. The number of carbonyl (C=O) groups excluding carboxylic acids is 1. The Morgan fingerprint density at radius 2 is 1.78 bits per heavy atom. The fourth-order valence-electron chi connectivity index (χ4n) is 3.06. The molecule has 1 fully saturated rings. The maximum atomic E-state index is 12.8. The van der Waals surface area contributed by atoms with Crippen LogP contribution in [0.5, 0.6) is 11.5 Å². The van der Waals surface area contributed by atoms with Crippen LogP contribution in [0, 0.1) is 19.3 Å². The first-order valence-corrected chi connectivity index (χ1v) is 9.51. The van der Waals surface area contributed by atoms with E-state index in [1.165, 1.54) is 5.56 Å². The van der Waals surface area contributed by atoms with Crippen molar-refractivity contribution in [2.75, 3.05) is 18.1 Å². The molecular formula is C23H29NO3. The van der Waals surface area contributed by atoms with Crippen LogP contribution in [0.15, 0.2) is 42.5 Å². The van der Waals surface area contributed by atoms with Crippen molar-refractivity contribution < 1.29 is 14.3 Å². The highest BCUT2D eigenvalue weighted by Gasteiger charge is 2.34. The number of hydrogen-bond donors (Lipinski definition) is 0. The molecule has 1 heterocycles. The summed E-state index contributed by atoms with van der Waals surface area (Å²) >= 11 is 0. The highest BCUT2D eigenvalue weighted by Crippen LogP contribution is 2.30. The number of nitrogens with zero attached hydrogens (tertiary/aromatic N) is 1. The number of rotatable bonds is 5. The summed E-state index contributed by atoms with van der Waals surface area (Å²) in [5.41, 5.74) is 3.21. The molecule has 4 heteroatoms. The Morgan fingerprint density at radius 1 is 1.07 bits per heavy atom. The Kier molecular flexibility index (Phi) is 5.45. The summed E-state index contributed by atoms with van der Waals surface area (Å²) in [5, 5.41) is 0. The van der Waals surface area contributed by atoms with Gasteiger partial charge in [0.2, 0.25) is 0 Å². The molecule has 0 bridgehead atoms. The lowest BCUT2D eigenvalue weighted by Gasteiger charge is -2.22. The van der Waals surface area contributed by atoms with E-state index in [0.29, 0.717) is 19.6 Å². The van der Waals surface area contributed by atoms with Crippen LogP contribution < -0.4 is 14.4 Å². The second kappa shape index (κ2) is 7.63. The van der Waals surface area contributed by atoms with Crippen molar-refractivity contribution in [2.24, 2.45) is 5.41 Å². The molecule has 0 saturated carbocycles. The SMILES string of the molecule is Cc1ccc(O[C@@H]2CCN(c3ccc(OCC(C)(C)C)c(C)c3)C2=O)cc1. The lowest BCUT2D eigenvalue weighted by Crippen LogP contribution is -2.32. The first-order chi connectivity index (χ1) is 12.7. The van der Waals surface area contributed by atoms with Crippen molar-refractivity contribution in [1.29, 1.82) is 0 Å². The highest BCUT2D eigenvalue weighted by molar-refractivity contribution is 5.99. The van der Waals surface area contributed by atoms with Crippen LogP contribution >= 0.6 is 0 Å². The maximum Gasteiger partial charge on any atom is 0.268 e. The zero-order chi connectivity index (χ0) is 19.6. The molecule has 3 rings (SSSR count). The molecule has 4 nitrogen and oxygen atoms in total. The smallest absolute Gasteiger partial charge is 0.268 e. The van der Waals surface area contributed by atoms with Gasteiger partial charge in [-0.15, -0.1) is 0 Å². The summed E-state index contributed by atoms with van der Waals surface area (Å²) in [7, 11) is 0. The summed E-state index contributed by atoms with van der Waals surface area (Å²) in [5.74, 6) is 1.62. The zero-order valence-corrected chi connectivity index (χ0v) is 16.9. The molecule has 0 radical (unpaired) electrons. The van der Waals surface area contributed by atoms with Gasteiger partial charge in [-0.1, -0.05) is 38.5 Å². The topological polar surface area (TPSA) is 38.8 Å². The summed E-state index contributed by atoms with van der Waals surface area (Å²) in [6, 6.07) is 13.7. The Balaban J connectivity index is 1.67. The monoisotopic (exact) mass is 367 g/mol. The third-order valence-corrected chi connectivity index (χ3v) is 4.59. The number of benzene rings is 2. The highest BCUT2D eigenvalue weighted by atomic mass is 16.5. The fourth-order valence-corrected chi connectivity index (χ4v) is 3.06. The molecule has 0 spiro atoms. The van der Waals surface area contributed by atoms with Gasteiger partial charge < -0.3 is 14.4 Å². The van der Waals surface area contributed by atoms with Gasteiger partial charge in [0.1, 0.15) is 11.5 Å². The van der Waals surface area contributed by atoms with E-state index in [-0.39, 0.29) is 11.3 Å². The Labute approximate surface area is 162 Å². The van der Waals surface area contributed by atoms with Crippen molar-refractivity contribution in [3.05, 3.63) is 53.6 Å². The number of aryl methyl sites for hydroxylation is 2. The van der Waals surface area contributed by atoms with Crippen LogP contribution in [0.25, 0.3) is 0 Å². The number of amides is 1. The van der Waals surface area contributed by atoms with E-state index in [4.69, 9.17) is 9.47 Å². The number of anilines is 1. The maximum absolute atomic E-state index is 12.8. The number of hydrogen-bond acceptors (Lipinski definition) is 3. The average molecular weight is 367 g/mol. The van der Waals surface area contributed by atoms with Crippen molar-refractivity contribution in [3.8, 4) is 11.5 Å². The second-order valence-electron chi connectivity index (χ2n) is 8.50. The van der Waals surface area contributed by atoms with E-state index in [1.807, 2.05) is 56.3 Å². The minimum absolute atomic E-state index is 0.0123. The van der Waals surface area contributed by atoms with Gasteiger partial charge in [0.05, 0.1) is 6.61 Å². The molecule has 144 valence electrons. The zero-order valence-electron chi connectivity index (χ0n) is 16.9. The molecule has 27 heavy (non-hydrogen) atoms. The molecule has 1 aliphatic rings. The minimum Gasteiger partial charge on any atom is -0.493 e. The van der Waals surface area contributed by atoms with Crippen LogP contribution in [0.1, 0.15) is 38.3 Å². The standard InChI is InChI=1S/C23H29NO3/c1-16-6-9-19(10-7-16)27-21-12-13-24(22(21)25)18-8-11-20(17(2)14-18)26-15-23(3,4)5/h6-11,14,21H,12-13,15H2,1-5H3/t21-/m1/s1. The van der Waals surface area contributed by atoms with E-state index in [1.54, 1.807) is 4.90 Å². The van der Waals surface area contributed by atoms with Gasteiger partial charge in [0, 0.05) is 18.7 Å². The molecular weight excluding hydrogens is 338 g/mol. The van der Waals surface area contributed by atoms with Gasteiger partial charge in [-0.25, -0.2) is 0 Å². The van der Waals surface area contributed by atoms with Gasteiger partial charge in [-0.2, -0.15) is 0 Å². The quantitative estimate of drug-likeness (QED) is 0.753. The van der Waals surface area contributed by atoms with E-state index in [9.17, 15) is 4.79 Å². The Morgan fingerprint density at radius 3 is 2.41 bits per heavy atom. The molecule has 0 N–H and O–H groups in total. The van der Waals surface area contributed by atoms with Crippen molar-refractivity contribution >= 4 is 11.6 Å². The van der Waals surface area contributed by atoms with E-state index < -0.39 is 6.10 Å². The average Bonchev–Trinajstić information content (AvgIpc) is 2.96. The molecule has 1 saturated heterocycles. The van der Waals surface area contributed by atoms with E-state index >= 15 is 0 Å². The van der Waals surface area contributed by atoms with Gasteiger partial charge in [-0.3, -0.25) is 4.79 Å². The molecule has 1 amide bonds. The predicted octanol–water partition coefficient (Wildman–Crippen LogP) is 4.91. The Bertz CT molecular complexity index is 805. The van der Waals surface area contributed by atoms with Crippen LogP contribution in [0.4, 0.5) is 5.69 Å². The molecule has 2 aromatic rings. The van der Waals surface area contributed by atoms with Crippen LogP contribution in [-0.4, -0.2) is 25.2 Å². The van der Waals surface area contributed by atoms with Crippen LogP contribution in [0.2, 0.25) is 0 Å². The molecule has 1 atom stereocenters. The number of carbonyl (C=O) groups is 1. The first-order valence-electron chi connectivity index (χ1n) is 9.51. The van der Waals surface area contributed by atoms with Crippen molar-refractivity contribution in [3.63, 3.8) is 0 Å². The normalized spacial score (nSPS) is 17.3. The van der Waals surface area contributed by atoms with Gasteiger partial charge in [-0.05, 0) is 55.2 Å². The fraction of sp³-hybridized carbons (Fsp3) is 0.435. The van der Waals surface area contributed by atoms with E-state index in [0.717, 1.165) is 22.7 Å². The summed E-state index contributed by atoms with van der Waals surface area (Å²) in [4.78, 5) is 14.6. The lowest BCUT2D eigenvalue weighted by atomic mass is 9.98. The molecule has 0 aromatic heterocycles. The van der Waals surface area contributed by atoms with Crippen molar-refractivity contribution in [2.45, 2.75) is 47.1 Å². The van der Waals surface area contributed by atoms with Crippen molar-refractivity contribution in [1.82, 2.24) is 0 Å². The first kappa shape index (κ1) is 19.3. The second-order valence-corrected chi connectivity index (χ2v) is 8.50. The number of ether oxygens (including phenoxy) is 2.